The summed E-state index contributed by atoms with van der Waals surface area (Å²) in [4.78, 5) is 11.5. The van der Waals surface area contributed by atoms with E-state index in [0.29, 0.717) is 11.3 Å². The number of ether oxygens (including phenoxy) is 1. The Morgan fingerprint density at radius 3 is 2.33 bits per heavy atom. The van der Waals surface area contributed by atoms with Gasteiger partial charge in [0.2, 0.25) is 0 Å². The first-order valence-electron chi connectivity index (χ1n) is 5.93. The van der Waals surface area contributed by atoms with Gasteiger partial charge >= 0.3 is 0 Å². The molecule has 2 aromatic rings. The number of hydrogen-bond acceptors (Lipinski definition) is 2. The lowest BCUT2D eigenvalue weighted by Gasteiger charge is -2.12. The molecule has 0 radical (unpaired) electrons. The Labute approximate surface area is 107 Å². The van der Waals surface area contributed by atoms with Crippen LogP contribution < -0.4 is 4.74 Å². The molecule has 92 valence electrons. The molecule has 2 nitrogen and oxygen atoms in total. The second kappa shape index (κ2) is 5.05. The van der Waals surface area contributed by atoms with E-state index >= 15 is 0 Å². The highest BCUT2D eigenvalue weighted by atomic mass is 16.5. The van der Waals surface area contributed by atoms with Crippen LogP contribution in [0.3, 0.4) is 0 Å². The number of rotatable bonds is 3. The topological polar surface area (TPSA) is 26.3 Å². The molecule has 0 amide bonds. The van der Waals surface area contributed by atoms with Crippen molar-refractivity contribution in [3.63, 3.8) is 0 Å². The lowest BCUT2D eigenvalue weighted by molar-refractivity contribution is 0.101. The fraction of sp³-hybridized carbons (Fsp3) is 0.188. The maximum absolute atomic E-state index is 11.5. The molecule has 0 spiro atoms. The summed E-state index contributed by atoms with van der Waals surface area (Å²) in [5, 5.41) is 0. The third-order valence-corrected chi connectivity index (χ3v) is 3.04. The van der Waals surface area contributed by atoms with E-state index in [2.05, 4.69) is 0 Å². The molecule has 0 saturated heterocycles. The van der Waals surface area contributed by atoms with Gasteiger partial charge in [-0.05, 0) is 50.1 Å². The zero-order chi connectivity index (χ0) is 13.1. The summed E-state index contributed by atoms with van der Waals surface area (Å²) in [7, 11) is 0. The quantitative estimate of drug-likeness (QED) is 0.748. The fourth-order valence-corrected chi connectivity index (χ4v) is 1.80. The summed E-state index contributed by atoms with van der Waals surface area (Å²) in [5.41, 5.74) is 2.88. The van der Waals surface area contributed by atoms with Gasteiger partial charge in [-0.1, -0.05) is 24.3 Å². The second-order valence-electron chi connectivity index (χ2n) is 4.35. The molecule has 2 aromatic carbocycles. The second-order valence-corrected chi connectivity index (χ2v) is 4.35. The molecule has 0 heterocycles. The molecular formula is C16H16O2. The largest absolute Gasteiger partial charge is 0.456 e. The minimum atomic E-state index is 0.0101. The molecule has 0 atom stereocenters. The highest BCUT2D eigenvalue weighted by molar-refractivity contribution is 5.96. The molecule has 0 unspecified atom stereocenters. The highest BCUT2D eigenvalue weighted by Gasteiger charge is 2.10. The van der Waals surface area contributed by atoms with Crippen molar-refractivity contribution in [2.45, 2.75) is 20.8 Å². The third kappa shape index (κ3) is 2.43. The van der Waals surface area contributed by atoms with Crippen LogP contribution in [0.4, 0.5) is 0 Å². The molecule has 0 aliphatic rings. The Bertz CT molecular complexity index is 585. The summed E-state index contributed by atoms with van der Waals surface area (Å²) in [6.45, 7) is 5.60. The molecule has 0 aromatic heterocycles. The van der Waals surface area contributed by atoms with E-state index in [1.807, 2.05) is 50.2 Å². The van der Waals surface area contributed by atoms with E-state index in [-0.39, 0.29) is 5.78 Å². The van der Waals surface area contributed by atoms with Crippen LogP contribution in [0.1, 0.15) is 28.4 Å². The van der Waals surface area contributed by atoms with E-state index in [1.54, 1.807) is 13.0 Å². The summed E-state index contributed by atoms with van der Waals surface area (Å²) in [6, 6.07) is 13.2. The van der Waals surface area contributed by atoms with Crippen molar-refractivity contribution in [2.75, 3.05) is 0 Å². The normalized spacial score (nSPS) is 10.2. The number of ketones is 1. The van der Waals surface area contributed by atoms with Gasteiger partial charge in [0.15, 0.2) is 5.78 Å². The van der Waals surface area contributed by atoms with Crippen LogP contribution in [0.15, 0.2) is 42.5 Å². The number of aryl methyl sites for hydroxylation is 1. The van der Waals surface area contributed by atoms with Gasteiger partial charge in [-0.3, -0.25) is 4.79 Å². The SMILES string of the molecule is CC(=O)c1ccccc1Oc1cccc(C)c1C. The van der Waals surface area contributed by atoms with Gasteiger partial charge in [-0.15, -0.1) is 0 Å². The molecule has 0 fully saturated rings. The number of benzene rings is 2. The number of Topliss-reactive ketones (excluding diaryl/α,β-unsaturated/α-hetero) is 1. The zero-order valence-electron chi connectivity index (χ0n) is 10.9. The van der Waals surface area contributed by atoms with E-state index < -0.39 is 0 Å². The minimum absolute atomic E-state index is 0.0101. The molecule has 0 saturated carbocycles. The van der Waals surface area contributed by atoms with Gasteiger partial charge < -0.3 is 4.74 Å². The third-order valence-electron chi connectivity index (χ3n) is 3.04. The van der Waals surface area contributed by atoms with Crippen molar-refractivity contribution in [3.05, 3.63) is 59.2 Å². The fourth-order valence-electron chi connectivity index (χ4n) is 1.80. The van der Waals surface area contributed by atoms with Gasteiger partial charge in [-0.2, -0.15) is 0 Å². The van der Waals surface area contributed by atoms with E-state index in [0.717, 1.165) is 11.3 Å². The Morgan fingerprint density at radius 1 is 0.944 bits per heavy atom. The van der Waals surface area contributed by atoms with Crippen molar-refractivity contribution in [1.29, 1.82) is 0 Å². The van der Waals surface area contributed by atoms with Crippen molar-refractivity contribution >= 4 is 5.78 Å². The molecule has 0 aliphatic carbocycles. The summed E-state index contributed by atoms with van der Waals surface area (Å²) < 4.78 is 5.86. The van der Waals surface area contributed by atoms with Crippen LogP contribution in [-0.4, -0.2) is 5.78 Å². The summed E-state index contributed by atoms with van der Waals surface area (Å²) >= 11 is 0. The Hall–Kier alpha value is -2.09. The molecule has 18 heavy (non-hydrogen) atoms. The van der Waals surface area contributed by atoms with Crippen molar-refractivity contribution in [2.24, 2.45) is 0 Å². The molecular weight excluding hydrogens is 224 g/mol. The van der Waals surface area contributed by atoms with Crippen molar-refractivity contribution in [1.82, 2.24) is 0 Å². The van der Waals surface area contributed by atoms with E-state index in [9.17, 15) is 4.79 Å². The molecule has 2 heteroatoms. The van der Waals surface area contributed by atoms with Crippen LogP contribution in [0, 0.1) is 13.8 Å². The van der Waals surface area contributed by atoms with E-state index in [1.165, 1.54) is 5.56 Å². The lowest BCUT2D eigenvalue weighted by Crippen LogP contribution is -1.97. The maximum atomic E-state index is 11.5. The van der Waals surface area contributed by atoms with Gasteiger partial charge in [0.05, 0.1) is 5.56 Å². The lowest BCUT2D eigenvalue weighted by atomic mass is 10.1. The Morgan fingerprint density at radius 2 is 1.61 bits per heavy atom. The van der Waals surface area contributed by atoms with Gasteiger partial charge in [0, 0.05) is 0 Å². The number of para-hydroxylation sites is 1. The molecule has 2 rings (SSSR count). The van der Waals surface area contributed by atoms with Crippen molar-refractivity contribution < 1.29 is 9.53 Å². The molecule has 0 aliphatic heterocycles. The Balaban J connectivity index is 2.40. The van der Waals surface area contributed by atoms with Gasteiger partial charge in [0.25, 0.3) is 0 Å². The smallest absolute Gasteiger partial charge is 0.163 e. The summed E-state index contributed by atoms with van der Waals surface area (Å²) in [6.07, 6.45) is 0. The first kappa shape index (κ1) is 12.4. The van der Waals surface area contributed by atoms with Gasteiger partial charge in [-0.25, -0.2) is 0 Å². The number of carbonyl (C=O) groups excluding carboxylic acids is 1. The van der Waals surface area contributed by atoms with Crippen LogP contribution in [0.2, 0.25) is 0 Å². The first-order valence-corrected chi connectivity index (χ1v) is 5.93. The van der Waals surface area contributed by atoms with Crippen LogP contribution in [0.5, 0.6) is 11.5 Å². The van der Waals surface area contributed by atoms with Crippen LogP contribution in [-0.2, 0) is 0 Å². The number of hydrogen-bond donors (Lipinski definition) is 0. The first-order chi connectivity index (χ1) is 8.59. The van der Waals surface area contributed by atoms with E-state index in [4.69, 9.17) is 4.74 Å². The monoisotopic (exact) mass is 240 g/mol. The molecule has 0 N–H and O–H groups in total. The van der Waals surface area contributed by atoms with Crippen LogP contribution >= 0.6 is 0 Å². The molecule has 0 bridgehead atoms. The zero-order valence-corrected chi connectivity index (χ0v) is 10.9. The highest BCUT2D eigenvalue weighted by Crippen LogP contribution is 2.29. The van der Waals surface area contributed by atoms with Crippen molar-refractivity contribution in [3.8, 4) is 11.5 Å². The predicted molar refractivity (Wildman–Crippen MR) is 72.4 cm³/mol. The standard InChI is InChI=1S/C16H16O2/c1-11-7-6-10-15(12(11)2)18-16-9-5-4-8-14(16)13(3)17/h4-10H,1-3H3. The average molecular weight is 240 g/mol. The average Bonchev–Trinajstić information content (AvgIpc) is 2.35. The maximum Gasteiger partial charge on any atom is 0.163 e. The Kier molecular flexibility index (Phi) is 3.47. The summed E-state index contributed by atoms with van der Waals surface area (Å²) in [5.74, 6) is 1.42. The van der Waals surface area contributed by atoms with Gasteiger partial charge in [0.1, 0.15) is 11.5 Å². The van der Waals surface area contributed by atoms with Crippen LogP contribution in [0.25, 0.3) is 0 Å². The predicted octanol–water partition coefficient (Wildman–Crippen LogP) is 4.30. The number of carbonyl (C=O) groups is 1. The minimum Gasteiger partial charge on any atom is -0.456 e.